The predicted octanol–water partition coefficient (Wildman–Crippen LogP) is 3.41. The van der Waals surface area contributed by atoms with Crippen molar-refractivity contribution in [2.24, 2.45) is 0 Å². The highest BCUT2D eigenvalue weighted by Crippen LogP contribution is 2.46. The van der Waals surface area contributed by atoms with Gasteiger partial charge in [0.05, 0.1) is 34.8 Å². The van der Waals surface area contributed by atoms with Gasteiger partial charge in [0, 0.05) is 23.2 Å². The molecule has 0 spiro atoms. The molecule has 0 bridgehead atoms. The van der Waals surface area contributed by atoms with Gasteiger partial charge in [-0.25, -0.2) is 9.50 Å². The summed E-state index contributed by atoms with van der Waals surface area (Å²) in [7, 11) is 1.30. The van der Waals surface area contributed by atoms with Crippen LogP contribution in [0, 0.1) is 0 Å². The summed E-state index contributed by atoms with van der Waals surface area (Å²) in [6, 6.07) is 2.37. The molecule has 12 heteroatoms. The summed E-state index contributed by atoms with van der Waals surface area (Å²) in [5.41, 5.74) is -0.352. The van der Waals surface area contributed by atoms with Crippen molar-refractivity contribution in [1.29, 1.82) is 0 Å². The molecule has 1 amide bonds. The van der Waals surface area contributed by atoms with Crippen LogP contribution in [0.2, 0.25) is 5.15 Å². The number of carbonyl (C=O) groups excluding carboxylic acids is 1. The fourth-order valence-corrected chi connectivity index (χ4v) is 4.33. The maximum Gasteiger partial charge on any atom is 0.418 e. The molecule has 0 fully saturated rings. The van der Waals surface area contributed by atoms with E-state index < -0.39 is 40.9 Å². The summed E-state index contributed by atoms with van der Waals surface area (Å²) in [6.07, 6.45) is -3.31. The first-order valence-electron chi connectivity index (χ1n) is 9.70. The molecule has 3 N–H and O–H groups in total. The van der Waals surface area contributed by atoms with E-state index in [1.54, 1.807) is 16.8 Å². The molecule has 1 aliphatic rings. The zero-order valence-electron chi connectivity index (χ0n) is 17.3. The lowest BCUT2D eigenvalue weighted by atomic mass is 9.88. The van der Waals surface area contributed by atoms with E-state index in [2.05, 4.69) is 25.7 Å². The Morgan fingerprint density at radius 2 is 2.03 bits per heavy atom. The lowest BCUT2D eigenvalue weighted by Crippen LogP contribution is -2.24. The zero-order chi connectivity index (χ0) is 23.4. The molecule has 8 nitrogen and oxygen atoms in total. The summed E-state index contributed by atoms with van der Waals surface area (Å²) in [5, 5.41) is 19.2. The SMILES string of the molecule is CNC(O)c1ncc(NC(=O)[C@H]2CC(C)(C)c3c2cnc2cc(Cl)nn32)cc1C(F)(F)F. The second-order valence-corrected chi connectivity index (χ2v) is 8.66. The number of rotatable bonds is 4. The molecule has 3 aromatic heterocycles. The first-order chi connectivity index (χ1) is 14.9. The molecule has 32 heavy (non-hydrogen) atoms. The van der Waals surface area contributed by atoms with Gasteiger partial charge in [0.15, 0.2) is 10.8 Å². The van der Waals surface area contributed by atoms with Gasteiger partial charge in [0.25, 0.3) is 0 Å². The highest BCUT2D eigenvalue weighted by atomic mass is 35.5. The average Bonchev–Trinajstić information content (AvgIpc) is 3.22. The Morgan fingerprint density at radius 1 is 1.31 bits per heavy atom. The van der Waals surface area contributed by atoms with E-state index in [-0.39, 0.29) is 10.8 Å². The molecule has 0 aliphatic heterocycles. The van der Waals surface area contributed by atoms with Gasteiger partial charge in [-0.2, -0.15) is 18.3 Å². The summed E-state index contributed by atoms with van der Waals surface area (Å²) in [4.78, 5) is 21.1. The van der Waals surface area contributed by atoms with E-state index in [1.165, 1.54) is 7.05 Å². The molecule has 0 radical (unpaired) electrons. The lowest BCUT2D eigenvalue weighted by molar-refractivity contribution is -0.139. The number of amides is 1. The van der Waals surface area contributed by atoms with Crippen LogP contribution in [0.5, 0.6) is 0 Å². The van der Waals surface area contributed by atoms with E-state index >= 15 is 0 Å². The van der Waals surface area contributed by atoms with Gasteiger partial charge in [-0.15, -0.1) is 0 Å². The van der Waals surface area contributed by atoms with Crippen LogP contribution < -0.4 is 10.6 Å². The second-order valence-electron chi connectivity index (χ2n) is 8.27. The molecule has 2 atom stereocenters. The van der Waals surface area contributed by atoms with Crippen LogP contribution in [0.3, 0.4) is 0 Å². The molecular weight excluding hydrogens is 449 g/mol. The summed E-state index contributed by atoms with van der Waals surface area (Å²) < 4.78 is 42.1. The van der Waals surface area contributed by atoms with Crippen LogP contribution in [0.4, 0.5) is 18.9 Å². The number of hydrogen-bond donors (Lipinski definition) is 3. The standard InChI is InChI=1S/C20H20ClF3N6O2/c1-19(2)6-10(11-8-26-14-5-13(21)29-30(14)16(11)19)17(31)28-9-4-12(20(22,23)24)15(27-7-9)18(32)25-3/h4-5,7-8,10,18,25,32H,6H2,1-3H3,(H,28,31)/t10-,18?/m0/s1. The van der Waals surface area contributed by atoms with Crippen molar-refractivity contribution in [2.45, 2.75) is 44.0 Å². The number of halogens is 4. The molecule has 3 aromatic rings. The highest BCUT2D eigenvalue weighted by molar-refractivity contribution is 6.29. The number of carbonyl (C=O) groups is 1. The monoisotopic (exact) mass is 468 g/mol. The van der Waals surface area contributed by atoms with Crippen LogP contribution in [-0.4, -0.2) is 37.6 Å². The number of aliphatic hydroxyl groups is 1. The second kappa shape index (κ2) is 7.68. The number of hydrogen-bond acceptors (Lipinski definition) is 6. The Bertz CT molecular complexity index is 1210. The van der Waals surface area contributed by atoms with Gasteiger partial charge in [0.2, 0.25) is 5.91 Å². The highest BCUT2D eigenvalue weighted by Gasteiger charge is 2.43. The Balaban J connectivity index is 1.68. The molecule has 170 valence electrons. The predicted molar refractivity (Wildman–Crippen MR) is 110 cm³/mol. The van der Waals surface area contributed by atoms with E-state index in [0.29, 0.717) is 17.6 Å². The maximum absolute atomic E-state index is 13.5. The van der Waals surface area contributed by atoms with E-state index in [0.717, 1.165) is 18.0 Å². The van der Waals surface area contributed by atoms with Gasteiger partial charge in [0.1, 0.15) is 6.23 Å². The summed E-state index contributed by atoms with van der Waals surface area (Å²) in [5.74, 6) is -1.15. The molecule has 0 saturated carbocycles. The number of alkyl halides is 3. The van der Waals surface area contributed by atoms with Crippen molar-refractivity contribution >= 4 is 28.8 Å². The van der Waals surface area contributed by atoms with Gasteiger partial charge in [-0.3, -0.25) is 15.1 Å². The van der Waals surface area contributed by atoms with Gasteiger partial charge in [-0.05, 0) is 19.5 Å². The first-order valence-corrected chi connectivity index (χ1v) is 10.1. The van der Waals surface area contributed by atoms with Crippen LogP contribution in [0.25, 0.3) is 5.65 Å². The first kappa shape index (κ1) is 22.4. The number of aromatic nitrogens is 4. The van der Waals surface area contributed by atoms with E-state index in [4.69, 9.17) is 11.6 Å². The van der Waals surface area contributed by atoms with Crippen LogP contribution in [-0.2, 0) is 16.4 Å². The van der Waals surface area contributed by atoms with Crippen molar-refractivity contribution in [3.05, 3.63) is 52.2 Å². The molecule has 1 aliphatic carbocycles. The van der Waals surface area contributed by atoms with Crippen molar-refractivity contribution in [2.75, 3.05) is 12.4 Å². The maximum atomic E-state index is 13.5. The summed E-state index contributed by atoms with van der Waals surface area (Å²) in [6.45, 7) is 3.90. The third-order valence-electron chi connectivity index (χ3n) is 5.55. The van der Waals surface area contributed by atoms with Crippen LogP contribution in [0.15, 0.2) is 24.5 Å². The molecule has 0 aromatic carbocycles. The van der Waals surface area contributed by atoms with E-state index in [1.807, 2.05) is 13.8 Å². The minimum Gasteiger partial charge on any atom is -0.373 e. The topological polar surface area (TPSA) is 104 Å². The van der Waals surface area contributed by atoms with E-state index in [9.17, 15) is 23.1 Å². The molecular formula is C20H20ClF3N6O2. The molecule has 0 saturated heterocycles. The van der Waals surface area contributed by atoms with Gasteiger partial charge >= 0.3 is 6.18 Å². The van der Waals surface area contributed by atoms with Crippen LogP contribution in [0.1, 0.15) is 54.9 Å². The van der Waals surface area contributed by atoms with Gasteiger partial charge < -0.3 is 10.4 Å². The normalized spacial score (nSPS) is 18.6. The third kappa shape index (κ3) is 3.80. The quantitative estimate of drug-likeness (QED) is 0.507. The number of nitrogens with one attached hydrogen (secondary N) is 2. The molecule has 3 heterocycles. The van der Waals surface area contributed by atoms with Gasteiger partial charge in [-0.1, -0.05) is 25.4 Å². The number of pyridine rings is 1. The Morgan fingerprint density at radius 3 is 2.69 bits per heavy atom. The fraction of sp³-hybridized carbons (Fsp3) is 0.400. The Hall–Kier alpha value is -2.76. The van der Waals surface area contributed by atoms with Crippen molar-refractivity contribution in [3.63, 3.8) is 0 Å². The zero-order valence-corrected chi connectivity index (χ0v) is 18.1. The Kier molecular flexibility index (Phi) is 5.38. The van der Waals surface area contributed by atoms with Crippen molar-refractivity contribution < 1.29 is 23.1 Å². The smallest absolute Gasteiger partial charge is 0.373 e. The average molecular weight is 469 g/mol. The third-order valence-corrected chi connectivity index (χ3v) is 5.74. The largest absolute Gasteiger partial charge is 0.418 e. The molecule has 1 unspecified atom stereocenters. The van der Waals surface area contributed by atoms with Crippen molar-refractivity contribution in [3.8, 4) is 0 Å². The lowest BCUT2D eigenvalue weighted by Gasteiger charge is -2.20. The Labute approximate surface area is 185 Å². The fourth-order valence-electron chi connectivity index (χ4n) is 4.16. The summed E-state index contributed by atoms with van der Waals surface area (Å²) >= 11 is 6.01. The minimum absolute atomic E-state index is 0.128. The number of aliphatic hydroxyl groups excluding tert-OH is 1. The van der Waals surface area contributed by atoms with Crippen LogP contribution >= 0.6 is 11.6 Å². The number of nitrogens with zero attached hydrogens (tertiary/aromatic N) is 4. The number of anilines is 1. The minimum atomic E-state index is -4.77. The number of fused-ring (bicyclic) bond motifs is 3. The molecule has 4 rings (SSSR count). The van der Waals surface area contributed by atoms with Crippen molar-refractivity contribution in [1.82, 2.24) is 24.9 Å².